The van der Waals surface area contributed by atoms with Crippen LogP contribution in [0.15, 0.2) is 18.2 Å². The molecule has 92 valence electrons. The van der Waals surface area contributed by atoms with E-state index in [0.717, 1.165) is 25.8 Å². The van der Waals surface area contributed by atoms with Gasteiger partial charge in [0.2, 0.25) is 0 Å². The fourth-order valence-electron chi connectivity index (χ4n) is 2.09. The van der Waals surface area contributed by atoms with Gasteiger partial charge in [-0.1, -0.05) is 18.0 Å². The van der Waals surface area contributed by atoms with E-state index < -0.39 is 0 Å². The van der Waals surface area contributed by atoms with Gasteiger partial charge in [0.15, 0.2) is 5.78 Å². The summed E-state index contributed by atoms with van der Waals surface area (Å²) in [5.74, 6) is 0.750. The maximum Gasteiger partial charge on any atom is 0.181 e. The van der Waals surface area contributed by atoms with E-state index in [1.165, 1.54) is 0 Å². The molecule has 0 amide bonds. The van der Waals surface area contributed by atoms with Crippen LogP contribution in [0.5, 0.6) is 5.75 Å². The van der Waals surface area contributed by atoms with Crippen molar-refractivity contribution in [2.45, 2.75) is 25.3 Å². The Hall–Kier alpha value is -1.06. The molecule has 1 N–H and O–H groups in total. The number of carbonyl (C=O) groups is 1. The Morgan fingerprint density at radius 3 is 2.88 bits per heavy atom. The fraction of sp³-hybridized carbons (Fsp3) is 0.462. The minimum absolute atomic E-state index is 0.0809. The Bertz CT molecular complexity index is 414. The van der Waals surface area contributed by atoms with E-state index in [1.807, 2.05) is 0 Å². The van der Waals surface area contributed by atoms with E-state index in [1.54, 1.807) is 25.3 Å². The molecular formula is C13H16ClNO2. The van der Waals surface area contributed by atoms with Crippen LogP contribution in [-0.4, -0.2) is 25.5 Å². The van der Waals surface area contributed by atoms with Crippen LogP contribution in [0.2, 0.25) is 5.02 Å². The molecule has 1 aromatic rings. The largest absolute Gasteiger partial charge is 0.497 e. The lowest BCUT2D eigenvalue weighted by Gasteiger charge is -2.22. The van der Waals surface area contributed by atoms with Crippen molar-refractivity contribution in [3.63, 3.8) is 0 Å². The van der Waals surface area contributed by atoms with Crippen molar-refractivity contribution in [1.29, 1.82) is 0 Å². The third-order valence-electron chi connectivity index (χ3n) is 3.07. The first-order chi connectivity index (χ1) is 8.22. The highest BCUT2D eigenvalue weighted by Crippen LogP contribution is 2.24. The van der Waals surface area contributed by atoms with Crippen molar-refractivity contribution in [3.05, 3.63) is 28.8 Å². The molecule has 0 spiro atoms. The van der Waals surface area contributed by atoms with Gasteiger partial charge in [-0.25, -0.2) is 0 Å². The normalized spacial score (nSPS) is 20.0. The third-order valence-corrected chi connectivity index (χ3v) is 3.38. The van der Waals surface area contributed by atoms with Crippen molar-refractivity contribution < 1.29 is 9.53 Å². The molecule has 0 bridgehead atoms. The van der Waals surface area contributed by atoms with Crippen LogP contribution in [0, 0.1) is 0 Å². The molecule has 1 fully saturated rings. The Labute approximate surface area is 106 Å². The molecule has 17 heavy (non-hydrogen) atoms. The molecule has 1 aliphatic rings. The second-order valence-electron chi connectivity index (χ2n) is 4.21. The first kappa shape index (κ1) is 12.4. The quantitative estimate of drug-likeness (QED) is 0.842. The number of piperidine rings is 1. The Morgan fingerprint density at radius 1 is 1.47 bits per heavy atom. The maximum atomic E-state index is 12.2. The summed E-state index contributed by atoms with van der Waals surface area (Å²) in [7, 11) is 1.58. The summed E-state index contributed by atoms with van der Waals surface area (Å²) in [6.07, 6.45) is 3.12. The number of nitrogens with one attached hydrogen (secondary N) is 1. The number of hydrogen-bond donors (Lipinski definition) is 1. The van der Waals surface area contributed by atoms with Crippen molar-refractivity contribution in [2.24, 2.45) is 0 Å². The average molecular weight is 254 g/mol. The van der Waals surface area contributed by atoms with Crippen LogP contribution in [0.4, 0.5) is 0 Å². The summed E-state index contributed by atoms with van der Waals surface area (Å²) in [5, 5.41) is 3.69. The molecule has 0 aromatic heterocycles. The zero-order chi connectivity index (χ0) is 12.3. The molecule has 1 saturated heterocycles. The Kier molecular flexibility index (Phi) is 4.02. The van der Waals surface area contributed by atoms with Gasteiger partial charge in [-0.05, 0) is 37.6 Å². The first-order valence-corrected chi connectivity index (χ1v) is 6.21. The van der Waals surface area contributed by atoms with Gasteiger partial charge >= 0.3 is 0 Å². The molecule has 4 heteroatoms. The molecule has 0 saturated carbocycles. The number of Topliss-reactive ketones (excluding diaryl/α,β-unsaturated/α-hetero) is 1. The summed E-state index contributed by atoms with van der Waals surface area (Å²) in [5.41, 5.74) is 0.576. The van der Waals surface area contributed by atoms with Gasteiger partial charge in [0.1, 0.15) is 5.75 Å². The highest BCUT2D eigenvalue weighted by molar-refractivity contribution is 6.34. The molecular weight excluding hydrogens is 238 g/mol. The lowest BCUT2D eigenvalue weighted by atomic mass is 9.96. The maximum absolute atomic E-state index is 12.2. The minimum atomic E-state index is -0.0883. The highest BCUT2D eigenvalue weighted by Gasteiger charge is 2.23. The summed E-state index contributed by atoms with van der Waals surface area (Å²) in [6.45, 7) is 0.907. The van der Waals surface area contributed by atoms with Crippen molar-refractivity contribution >= 4 is 17.4 Å². The lowest BCUT2D eigenvalue weighted by molar-refractivity contribution is 0.0927. The van der Waals surface area contributed by atoms with Gasteiger partial charge in [0.25, 0.3) is 0 Å². The molecule has 1 heterocycles. The van der Waals surface area contributed by atoms with E-state index in [4.69, 9.17) is 16.3 Å². The summed E-state index contributed by atoms with van der Waals surface area (Å²) in [6, 6.07) is 5.09. The highest BCUT2D eigenvalue weighted by atomic mass is 35.5. The van der Waals surface area contributed by atoms with E-state index in [9.17, 15) is 4.79 Å². The zero-order valence-electron chi connectivity index (χ0n) is 9.83. The van der Waals surface area contributed by atoms with Gasteiger partial charge in [-0.3, -0.25) is 4.79 Å². The van der Waals surface area contributed by atoms with E-state index in [2.05, 4.69) is 5.32 Å². The third kappa shape index (κ3) is 2.79. The number of hydrogen-bond acceptors (Lipinski definition) is 3. The van der Waals surface area contributed by atoms with Gasteiger partial charge < -0.3 is 10.1 Å². The summed E-state index contributed by atoms with van der Waals surface area (Å²) >= 11 is 6.09. The monoisotopic (exact) mass is 253 g/mol. The van der Waals surface area contributed by atoms with Crippen molar-refractivity contribution in [3.8, 4) is 5.75 Å². The molecule has 1 unspecified atom stereocenters. The van der Waals surface area contributed by atoms with Gasteiger partial charge in [-0.2, -0.15) is 0 Å². The molecule has 2 rings (SSSR count). The van der Waals surface area contributed by atoms with Crippen LogP contribution in [0.3, 0.4) is 0 Å². The van der Waals surface area contributed by atoms with Gasteiger partial charge in [0, 0.05) is 5.56 Å². The van der Waals surface area contributed by atoms with E-state index >= 15 is 0 Å². The smallest absolute Gasteiger partial charge is 0.181 e. The van der Waals surface area contributed by atoms with Gasteiger partial charge in [0.05, 0.1) is 18.2 Å². The zero-order valence-corrected chi connectivity index (χ0v) is 10.6. The SMILES string of the molecule is COc1ccc(C(=O)C2CCCCN2)c(Cl)c1. The molecule has 0 aliphatic carbocycles. The Morgan fingerprint density at radius 2 is 2.29 bits per heavy atom. The minimum Gasteiger partial charge on any atom is -0.497 e. The number of ether oxygens (including phenoxy) is 1. The number of ketones is 1. The van der Waals surface area contributed by atoms with Crippen LogP contribution in [0.1, 0.15) is 29.6 Å². The molecule has 3 nitrogen and oxygen atoms in total. The predicted molar refractivity (Wildman–Crippen MR) is 68.0 cm³/mol. The molecule has 1 aromatic carbocycles. The molecule has 1 atom stereocenters. The van der Waals surface area contributed by atoms with Crippen LogP contribution in [0.25, 0.3) is 0 Å². The summed E-state index contributed by atoms with van der Waals surface area (Å²) < 4.78 is 5.06. The molecule has 1 aliphatic heterocycles. The van der Waals surface area contributed by atoms with Crippen molar-refractivity contribution in [2.75, 3.05) is 13.7 Å². The van der Waals surface area contributed by atoms with E-state index in [0.29, 0.717) is 16.3 Å². The summed E-state index contributed by atoms with van der Waals surface area (Å²) in [4.78, 5) is 12.2. The van der Waals surface area contributed by atoms with Crippen LogP contribution >= 0.6 is 11.6 Å². The van der Waals surface area contributed by atoms with E-state index in [-0.39, 0.29) is 11.8 Å². The molecule has 0 radical (unpaired) electrons. The number of halogens is 1. The van der Waals surface area contributed by atoms with Crippen LogP contribution < -0.4 is 10.1 Å². The lowest BCUT2D eigenvalue weighted by Crippen LogP contribution is -2.40. The average Bonchev–Trinajstić information content (AvgIpc) is 2.39. The number of methoxy groups -OCH3 is 1. The topological polar surface area (TPSA) is 38.3 Å². The Balaban J connectivity index is 2.18. The number of carbonyl (C=O) groups excluding carboxylic acids is 1. The second-order valence-corrected chi connectivity index (χ2v) is 4.62. The van der Waals surface area contributed by atoms with Crippen molar-refractivity contribution in [1.82, 2.24) is 5.32 Å². The standard InChI is InChI=1S/C13H16ClNO2/c1-17-9-5-6-10(11(14)8-9)13(16)12-4-2-3-7-15-12/h5-6,8,12,15H,2-4,7H2,1H3. The number of benzene rings is 1. The predicted octanol–water partition coefficient (Wildman–Crippen LogP) is 2.67. The number of rotatable bonds is 3. The fourth-order valence-corrected chi connectivity index (χ4v) is 2.35. The second kappa shape index (κ2) is 5.52. The first-order valence-electron chi connectivity index (χ1n) is 5.83. The van der Waals surface area contributed by atoms with Crippen LogP contribution in [-0.2, 0) is 0 Å². The van der Waals surface area contributed by atoms with Gasteiger partial charge in [-0.15, -0.1) is 0 Å².